The number of aromatic nitrogens is 1. The molecule has 0 saturated heterocycles. The van der Waals surface area contributed by atoms with Gasteiger partial charge in [-0.3, -0.25) is 4.79 Å². The molecule has 0 aliphatic carbocycles. The lowest BCUT2D eigenvalue weighted by Crippen LogP contribution is -2.13. The standard InChI is InChI=1S/C24H23N3O2/c1-16-5-9-22(10-6-16)27-17(2)13-19(18(27)3)14-20(15-25)24(28)26-21-7-11-23(29-4)12-8-21/h5-14H,1-4H3,(H,26,28). The zero-order valence-corrected chi connectivity index (χ0v) is 17.0. The minimum atomic E-state index is -0.446. The number of rotatable bonds is 5. The summed E-state index contributed by atoms with van der Waals surface area (Å²) in [5.74, 6) is 0.250. The van der Waals surface area contributed by atoms with E-state index in [0.717, 1.165) is 22.6 Å². The molecular formula is C24H23N3O2. The summed E-state index contributed by atoms with van der Waals surface area (Å²) in [6.45, 7) is 6.04. The van der Waals surface area contributed by atoms with Gasteiger partial charge in [-0.05, 0) is 74.9 Å². The van der Waals surface area contributed by atoms with Gasteiger partial charge in [-0.2, -0.15) is 5.26 Å². The number of benzene rings is 2. The summed E-state index contributed by atoms with van der Waals surface area (Å²) >= 11 is 0. The average Bonchev–Trinajstić information content (AvgIpc) is 3.00. The molecule has 1 N–H and O–H groups in total. The molecule has 0 unspecified atom stereocenters. The second kappa shape index (κ2) is 8.49. The van der Waals surface area contributed by atoms with Crippen molar-refractivity contribution in [1.29, 1.82) is 5.26 Å². The number of ether oxygens (including phenoxy) is 1. The van der Waals surface area contributed by atoms with Crippen LogP contribution in [0.2, 0.25) is 0 Å². The van der Waals surface area contributed by atoms with Crippen LogP contribution in [0.5, 0.6) is 5.75 Å². The summed E-state index contributed by atoms with van der Waals surface area (Å²) in [5, 5.41) is 12.3. The van der Waals surface area contributed by atoms with Crippen LogP contribution in [0.1, 0.15) is 22.5 Å². The summed E-state index contributed by atoms with van der Waals surface area (Å²) < 4.78 is 7.23. The van der Waals surface area contributed by atoms with Gasteiger partial charge >= 0.3 is 0 Å². The molecule has 0 bridgehead atoms. The predicted molar refractivity (Wildman–Crippen MR) is 115 cm³/mol. The molecule has 0 fully saturated rings. The van der Waals surface area contributed by atoms with Crippen molar-refractivity contribution in [3.05, 3.63) is 82.7 Å². The largest absolute Gasteiger partial charge is 0.497 e. The predicted octanol–water partition coefficient (Wildman–Crippen LogP) is 4.96. The maximum atomic E-state index is 12.6. The second-order valence-electron chi connectivity index (χ2n) is 6.85. The van der Waals surface area contributed by atoms with Crippen LogP contribution >= 0.6 is 0 Å². The highest BCUT2D eigenvalue weighted by molar-refractivity contribution is 6.09. The van der Waals surface area contributed by atoms with E-state index in [0.29, 0.717) is 11.4 Å². The van der Waals surface area contributed by atoms with Crippen molar-refractivity contribution in [2.24, 2.45) is 0 Å². The molecule has 0 radical (unpaired) electrons. The van der Waals surface area contributed by atoms with Crippen LogP contribution < -0.4 is 10.1 Å². The molecule has 0 spiro atoms. The van der Waals surface area contributed by atoms with Crippen molar-refractivity contribution >= 4 is 17.7 Å². The van der Waals surface area contributed by atoms with Crippen LogP contribution in [0.3, 0.4) is 0 Å². The van der Waals surface area contributed by atoms with E-state index in [2.05, 4.69) is 34.1 Å². The van der Waals surface area contributed by atoms with Crippen LogP contribution in [0.25, 0.3) is 11.8 Å². The number of hydrogen-bond donors (Lipinski definition) is 1. The molecule has 0 aliphatic rings. The maximum Gasteiger partial charge on any atom is 0.266 e. The summed E-state index contributed by atoms with van der Waals surface area (Å²) in [5.41, 5.74) is 5.73. The number of carbonyl (C=O) groups is 1. The second-order valence-corrected chi connectivity index (χ2v) is 6.85. The molecule has 2 aromatic carbocycles. The Labute approximate surface area is 170 Å². The third kappa shape index (κ3) is 4.39. The van der Waals surface area contributed by atoms with E-state index in [1.165, 1.54) is 5.56 Å². The molecule has 1 heterocycles. The van der Waals surface area contributed by atoms with Gasteiger partial charge in [-0.25, -0.2) is 0 Å². The Hall–Kier alpha value is -3.78. The lowest BCUT2D eigenvalue weighted by atomic mass is 10.1. The highest BCUT2D eigenvalue weighted by Crippen LogP contribution is 2.23. The number of hydrogen-bond acceptors (Lipinski definition) is 3. The molecule has 5 nitrogen and oxygen atoms in total. The summed E-state index contributed by atoms with van der Waals surface area (Å²) in [6.07, 6.45) is 1.63. The van der Waals surface area contributed by atoms with Gasteiger partial charge in [0.25, 0.3) is 5.91 Å². The number of methoxy groups -OCH3 is 1. The summed E-state index contributed by atoms with van der Waals surface area (Å²) in [4.78, 5) is 12.6. The molecule has 0 aliphatic heterocycles. The Bertz CT molecular complexity index is 1100. The Morgan fingerprint density at radius 2 is 1.72 bits per heavy atom. The van der Waals surface area contributed by atoms with Gasteiger partial charge in [0.05, 0.1) is 7.11 Å². The summed E-state index contributed by atoms with van der Waals surface area (Å²) in [6, 6.07) is 19.2. The minimum absolute atomic E-state index is 0.0463. The van der Waals surface area contributed by atoms with Crippen molar-refractivity contribution < 1.29 is 9.53 Å². The Kier molecular flexibility index (Phi) is 5.85. The van der Waals surface area contributed by atoms with Gasteiger partial charge in [-0.15, -0.1) is 0 Å². The molecule has 0 saturated carbocycles. The van der Waals surface area contributed by atoms with Gasteiger partial charge in [0.1, 0.15) is 17.4 Å². The fourth-order valence-electron chi connectivity index (χ4n) is 3.20. The van der Waals surface area contributed by atoms with E-state index in [1.807, 2.05) is 32.9 Å². The van der Waals surface area contributed by atoms with Gasteiger partial charge in [0.2, 0.25) is 0 Å². The molecule has 0 atom stereocenters. The van der Waals surface area contributed by atoms with Crippen molar-refractivity contribution in [1.82, 2.24) is 4.57 Å². The number of aryl methyl sites for hydroxylation is 2. The van der Waals surface area contributed by atoms with Crippen LogP contribution in [0, 0.1) is 32.1 Å². The van der Waals surface area contributed by atoms with Gasteiger partial charge < -0.3 is 14.6 Å². The quantitative estimate of drug-likeness (QED) is 0.499. The van der Waals surface area contributed by atoms with E-state index < -0.39 is 5.91 Å². The van der Waals surface area contributed by atoms with E-state index >= 15 is 0 Å². The molecule has 146 valence electrons. The summed E-state index contributed by atoms with van der Waals surface area (Å²) in [7, 11) is 1.58. The van der Waals surface area contributed by atoms with Crippen molar-refractivity contribution in [2.45, 2.75) is 20.8 Å². The monoisotopic (exact) mass is 385 g/mol. The van der Waals surface area contributed by atoms with E-state index in [-0.39, 0.29) is 5.57 Å². The lowest BCUT2D eigenvalue weighted by molar-refractivity contribution is -0.112. The van der Waals surface area contributed by atoms with Crippen LogP contribution in [-0.4, -0.2) is 17.6 Å². The van der Waals surface area contributed by atoms with Gasteiger partial charge in [-0.1, -0.05) is 17.7 Å². The van der Waals surface area contributed by atoms with E-state index in [9.17, 15) is 10.1 Å². The molecular weight excluding hydrogens is 362 g/mol. The molecule has 3 aromatic rings. The lowest BCUT2D eigenvalue weighted by Gasteiger charge is -2.10. The fraction of sp³-hybridized carbons (Fsp3) is 0.167. The minimum Gasteiger partial charge on any atom is -0.497 e. The SMILES string of the molecule is COc1ccc(NC(=O)C(C#N)=Cc2cc(C)n(-c3ccc(C)cc3)c2C)cc1. The first kappa shape index (κ1) is 20.0. The normalized spacial score (nSPS) is 11.1. The first-order valence-corrected chi connectivity index (χ1v) is 9.26. The average molecular weight is 385 g/mol. The van der Waals surface area contributed by atoms with Crippen molar-refractivity contribution in [3.8, 4) is 17.5 Å². The molecule has 29 heavy (non-hydrogen) atoms. The fourth-order valence-corrected chi connectivity index (χ4v) is 3.20. The molecule has 1 amide bonds. The van der Waals surface area contributed by atoms with Crippen LogP contribution in [0.4, 0.5) is 5.69 Å². The zero-order valence-electron chi connectivity index (χ0n) is 17.0. The van der Waals surface area contributed by atoms with Crippen molar-refractivity contribution in [2.75, 3.05) is 12.4 Å². The first-order valence-electron chi connectivity index (χ1n) is 9.26. The Balaban J connectivity index is 1.88. The number of nitrogens with one attached hydrogen (secondary N) is 1. The highest BCUT2D eigenvalue weighted by Gasteiger charge is 2.14. The van der Waals surface area contributed by atoms with Crippen molar-refractivity contribution in [3.63, 3.8) is 0 Å². The number of nitrogens with zero attached hydrogens (tertiary/aromatic N) is 2. The third-order valence-electron chi connectivity index (χ3n) is 4.78. The number of carbonyl (C=O) groups excluding carboxylic acids is 1. The molecule has 1 aromatic heterocycles. The maximum absolute atomic E-state index is 12.6. The Morgan fingerprint density at radius 1 is 1.07 bits per heavy atom. The number of nitriles is 1. The molecule has 3 rings (SSSR count). The smallest absolute Gasteiger partial charge is 0.266 e. The number of amides is 1. The number of anilines is 1. The van der Waals surface area contributed by atoms with Crippen LogP contribution in [0.15, 0.2) is 60.2 Å². The van der Waals surface area contributed by atoms with Crippen LogP contribution in [-0.2, 0) is 4.79 Å². The topological polar surface area (TPSA) is 67.0 Å². The van der Waals surface area contributed by atoms with E-state index in [1.54, 1.807) is 37.5 Å². The molecule has 5 heteroatoms. The van der Waals surface area contributed by atoms with Gasteiger partial charge in [0, 0.05) is 22.8 Å². The van der Waals surface area contributed by atoms with Gasteiger partial charge in [0.15, 0.2) is 0 Å². The highest BCUT2D eigenvalue weighted by atomic mass is 16.5. The first-order chi connectivity index (χ1) is 13.9. The Morgan fingerprint density at radius 3 is 2.31 bits per heavy atom. The van der Waals surface area contributed by atoms with E-state index in [4.69, 9.17) is 4.74 Å². The zero-order chi connectivity index (χ0) is 21.0. The third-order valence-corrected chi connectivity index (χ3v) is 4.78.